The SMILES string of the molecule is S=c1[nH]nc(-c2ccccn2)n1CCOC1CCCCC1. The molecule has 0 spiro atoms. The molecule has 1 aliphatic carbocycles. The summed E-state index contributed by atoms with van der Waals surface area (Å²) < 4.78 is 8.55. The first-order valence-corrected chi connectivity index (χ1v) is 7.93. The second-order valence-corrected chi connectivity index (χ2v) is 5.74. The van der Waals surface area contributed by atoms with Crippen LogP contribution in [0, 0.1) is 4.77 Å². The number of nitrogens with one attached hydrogen (secondary N) is 1. The highest BCUT2D eigenvalue weighted by Gasteiger charge is 2.14. The van der Waals surface area contributed by atoms with E-state index >= 15 is 0 Å². The molecule has 3 rings (SSSR count). The van der Waals surface area contributed by atoms with E-state index in [2.05, 4.69) is 15.2 Å². The van der Waals surface area contributed by atoms with E-state index in [1.54, 1.807) is 6.20 Å². The number of hydrogen-bond acceptors (Lipinski definition) is 4. The first kappa shape index (κ1) is 14.4. The molecule has 0 saturated heterocycles. The quantitative estimate of drug-likeness (QED) is 0.861. The molecule has 0 unspecified atom stereocenters. The van der Waals surface area contributed by atoms with Crippen molar-refractivity contribution >= 4 is 12.2 Å². The van der Waals surface area contributed by atoms with Crippen LogP contribution in [0.25, 0.3) is 11.5 Å². The molecule has 0 bridgehead atoms. The normalized spacial score (nSPS) is 16.2. The summed E-state index contributed by atoms with van der Waals surface area (Å²) in [5, 5.41) is 7.12. The van der Waals surface area contributed by atoms with Crippen LogP contribution in [0.3, 0.4) is 0 Å². The maximum absolute atomic E-state index is 5.97. The molecule has 0 amide bonds. The molecule has 0 atom stereocenters. The monoisotopic (exact) mass is 304 g/mol. The Kier molecular flexibility index (Phi) is 4.77. The number of H-pyrrole nitrogens is 1. The Bertz CT molecular complexity index is 616. The van der Waals surface area contributed by atoms with Gasteiger partial charge in [0.25, 0.3) is 0 Å². The Morgan fingerprint density at radius 3 is 2.90 bits per heavy atom. The van der Waals surface area contributed by atoms with E-state index < -0.39 is 0 Å². The first-order chi connectivity index (χ1) is 10.3. The van der Waals surface area contributed by atoms with E-state index in [4.69, 9.17) is 17.0 Å². The number of rotatable bonds is 5. The van der Waals surface area contributed by atoms with Gasteiger partial charge in [-0.15, -0.1) is 0 Å². The van der Waals surface area contributed by atoms with Gasteiger partial charge in [0.1, 0.15) is 5.69 Å². The van der Waals surface area contributed by atoms with Gasteiger partial charge in [-0.25, -0.2) is 0 Å². The van der Waals surface area contributed by atoms with Gasteiger partial charge in [-0.3, -0.25) is 14.6 Å². The molecule has 1 fully saturated rings. The van der Waals surface area contributed by atoms with Gasteiger partial charge in [0, 0.05) is 6.20 Å². The van der Waals surface area contributed by atoms with Crippen molar-refractivity contribution in [1.29, 1.82) is 0 Å². The summed E-state index contributed by atoms with van der Waals surface area (Å²) >= 11 is 5.30. The zero-order chi connectivity index (χ0) is 14.5. The molecule has 5 nitrogen and oxygen atoms in total. The molecule has 1 aliphatic rings. The third-order valence-corrected chi connectivity index (χ3v) is 4.18. The Balaban J connectivity index is 1.65. The number of nitrogens with zero attached hydrogens (tertiary/aromatic N) is 3. The van der Waals surface area contributed by atoms with Crippen molar-refractivity contribution < 1.29 is 4.74 Å². The smallest absolute Gasteiger partial charge is 0.195 e. The van der Waals surface area contributed by atoms with Crippen molar-refractivity contribution in [2.45, 2.75) is 44.8 Å². The zero-order valence-electron chi connectivity index (χ0n) is 12.0. The Morgan fingerprint density at radius 2 is 2.14 bits per heavy atom. The van der Waals surface area contributed by atoms with Gasteiger partial charge in [0.05, 0.1) is 19.3 Å². The van der Waals surface area contributed by atoms with Gasteiger partial charge >= 0.3 is 0 Å². The van der Waals surface area contributed by atoms with Crippen LogP contribution in [0.5, 0.6) is 0 Å². The van der Waals surface area contributed by atoms with Crippen molar-refractivity contribution in [3.63, 3.8) is 0 Å². The number of hydrogen-bond donors (Lipinski definition) is 1. The molecule has 21 heavy (non-hydrogen) atoms. The Morgan fingerprint density at radius 1 is 1.29 bits per heavy atom. The number of aromatic nitrogens is 4. The largest absolute Gasteiger partial charge is 0.376 e. The molecule has 2 aromatic heterocycles. The molecule has 1 saturated carbocycles. The first-order valence-electron chi connectivity index (χ1n) is 7.53. The molecule has 6 heteroatoms. The van der Waals surface area contributed by atoms with Crippen molar-refractivity contribution in [3.05, 3.63) is 29.2 Å². The van der Waals surface area contributed by atoms with Gasteiger partial charge in [-0.05, 0) is 37.2 Å². The number of aromatic amines is 1. The van der Waals surface area contributed by atoms with Crippen molar-refractivity contribution in [2.24, 2.45) is 0 Å². The predicted molar refractivity (Wildman–Crippen MR) is 83.5 cm³/mol. The van der Waals surface area contributed by atoms with Crippen LogP contribution in [-0.4, -0.2) is 32.5 Å². The minimum absolute atomic E-state index is 0.415. The molecular weight excluding hydrogens is 284 g/mol. The lowest BCUT2D eigenvalue weighted by atomic mass is 9.98. The lowest BCUT2D eigenvalue weighted by Crippen LogP contribution is -2.19. The van der Waals surface area contributed by atoms with Crippen LogP contribution in [0.2, 0.25) is 0 Å². The zero-order valence-corrected chi connectivity index (χ0v) is 12.8. The van der Waals surface area contributed by atoms with Crippen molar-refractivity contribution in [2.75, 3.05) is 6.61 Å². The average molecular weight is 304 g/mol. The standard InChI is InChI=1S/C15H20N4OS/c21-15-18-17-14(13-8-4-5-9-16-13)19(15)10-11-20-12-6-2-1-3-7-12/h4-5,8-9,12H,1-3,6-7,10-11H2,(H,18,21). The summed E-state index contributed by atoms with van der Waals surface area (Å²) in [6.07, 6.45) is 8.46. The van der Waals surface area contributed by atoms with Crippen LogP contribution in [0.1, 0.15) is 32.1 Å². The summed E-state index contributed by atoms with van der Waals surface area (Å²) in [7, 11) is 0. The fourth-order valence-corrected chi connectivity index (χ4v) is 2.98. The molecule has 0 aliphatic heterocycles. The number of ether oxygens (including phenoxy) is 1. The van der Waals surface area contributed by atoms with E-state index in [0.717, 1.165) is 11.5 Å². The second kappa shape index (κ2) is 6.95. The second-order valence-electron chi connectivity index (χ2n) is 5.35. The summed E-state index contributed by atoms with van der Waals surface area (Å²) in [5.74, 6) is 0.771. The highest BCUT2D eigenvalue weighted by Crippen LogP contribution is 2.20. The summed E-state index contributed by atoms with van der Waals surface area (Å²) in [4.78, 5) is 4.33. The highest BCUT2D eigenvalue weighted by molar-refractivity contribution is 7.71. The molecule has 0 aromatic carbocycles. The summed E-state index contributed by atoms with van der Waals surface area (Å²) in [6, 6.07) is 5.77. The van der Waals surface area contributed by atoms with E-state index in [0.29, 0.717) is 24.0 Å². The highest BCUT2D eigenvalue weighted by atomic mass is 32.1. The molecule has 2 heterocycles. The van der Waals surface area contributed by atoms with Gasteiger partial charge in [-0.1, -0.05) is 25.3 Å². The van der Waals surface area contributed by atoms with Gasteiger partial charge < -0.3 is 4.74 Å². The molecule has 0 radical (unpaired) electrons. The minimum atomic E-state index is 0.415. The molecule has 2 aromatic rings. The van der Waals surface area contributed by atoms with Gasteiger partial charge in [0.15, 0.2) is 10.6 Å². The van der Waals surface area contributed by atoms with Crippen molar-refractivity contribution in [3.8, 4) is 11.5 Å². The molecular formula is C15H20N4OS. The van der Waals surface area contributed by atoms with Crippen LogP contribution < -0.4 is 0 Å². The molecule has 112 valence electrons. The summed E-state index contributed by atoms with van der Waals surface area (Å²) in [5.41, 5.74) is 0.822. The fraction of sp³-hybridized carbons (Fsp3) is 0.533. The van der Waals surface area contributed by atoms with Crippen LogP contribution in [-0.2, 0) is 11.3 Å². The Hall–Kier alpha value is -1.53. The van der Waals surface area contributed by atoms with E-state index in [1.165, 1.54) is 32.1 Å². The summed E-state index contributed by atoms with van der Waals surface area (Å²) in [6.45, 7) is 1.37. The third-order valence-electron chi connectivity index (χ3n) is 3.87. The predicted octanol–water partition coefficient (Wildman–Crippen LogP) is 3.35. The maximum atomic E-state index is 5.97. The van der Waals surface area contributed by atoms with Crippen molar-refractivity contribution in [1.82, 2.24) is 19.7 Å². The molecule has 1 N–H and O–H groups in total. The van der Waals surface area contributed by atoms with E-state index in [9.17, 15) is 0 Å². The van der Waals surface area contributed by atoms with Crippen LogP contribution in [0.15, 0.2) is 24.4 Å². The van der Waals surface area contributed by atoms with E-state index in [-0.39, 0.29) is 0 Å². The van der Waals surface area contributed by atoms with Gasteiger partial charge in [-0.2, -0.15) is 5.10 Å². The number of pyridine rings is 1. The minimum Gasteiger partial charge on any atom is -0.376 e. The van der Waals surface area contributed by atoms with Gasteiger partial charge in [0.2, 0.25) is 0 Å². The van der Waals surface area contributed by atoms with E-state index in [1.807, 2.05) is 22.8 Å². The van der Waals surface area contributed by atoms with Crippen LogP contribution >= 0.6 is 12.2 Å². The van der Waals surface area contributed by atoms with Crippen LogP contribution in [0.4, 0.5) is 0 Å². The Labute approximate surface area is 129 Å². The third kappa shape index (κ3) is 3.57. The lowest BCUT2D eigenvalue weighted by Gasteiger charge is -2.22. The lowest BCUT2D eigenvalue weighted by molar-refractivity contribution is 0.0241. The average Bonchev–Trinajstić information content (AvgIpc) is 2.91. The topological polar surface area (TPSA) is 55.7 Å². The maximum Gasteiger partial charge on any atom is 0.195 e. The fourth-order valence-electron chi connectivity index (χ4n) is 2.76.